The van der Waals surface area contributed by atoms with Crippen molar-refractivity contribution in [3.63, 3.8) is 0 Å². The number of anilines is 1. The molecule has 2 saturated heterocycles. The maximum Gasteiger partial charge on any atom is 0.394 e. The van der Waals surface area contributed by atoms with E-state index in [4.69, 9.17) is 5.11 Å². The Hall–Kier alpha value is -2.58. The van der Waals surface area contributed by atoms with Crippen molar-refractivity contribution in [2.24, 2.45) is 17.8 Å². The molecule has 0 saturated carbocycles. The van der Waals surface area contributed by atoms with Gasteiger partial charge in [-0.05, 0) is 19.1 Å². The molecule has 2 fully saturated rings. The van der Waals surface area contributed by atoms with Crippen LogP contribution in [0.4, 0.5) is 18.9 Å². The van der Waals surface area contributed by atoms with E-state index in [1.165, 1.54) is 4.90 Å². The minimum absolute atomic E-state index is 0.0750. The third-order valence-corrected chi connectivity index (χ3v) is 5.19. The summed E-state index contributed by atoms with van der Waals surface area (Å²) < 4.78 is 39.3. The molecule has 0 aromatic heterocycles. The Balaban J connectivity index is 1.72. The monoisotopic (exact) mass is 384 g/mol. The SMILES string of the molecule is Cc1ccc(N2CC(C(=O)N3C[C@@H](C(F)(F)F)[C@H](C(=O)O)C3)CC2=O)cc1. The molecule has 2 amide bonds. The maximum atomic E-state index is 13.1. The van der Waals surface area contributed by atoms with Crippen molar-refractivity contribution in [2.45, 2.75) is 19.5 Å². The molecule has 9 heteroatoms. The number of carboxylic acids is 1. The van der Waals surface area contributed by atoms with E-state index in [2.05, 4.69) is 0 Å². The summed E-state index contributed by atoms with van der Waals surface area (Å²) in [4.78, 5) is 38.5. The summed E-state index contributed by atoms with van der Waals surface area (Å²) in [6.07, 6.45) is -4.80. The first-order chi connectivity index (χ1) is 12.6. The number of alkyl halides is 3. The van der Waals surface area contributed by atoms with E-state index in [1.807, 2.05) is 19.1 Å². The number of rotatable bonds is 3. The lowest BCUT2D eigenvalue weighted by Crippen LogP contribution is -2.37. The Bertz CT molecular complexity index is 763. The second kappa shape index (κ2) is 6.86. The standard InChI is InChI=1S/C18H19F3N2O4/c1-10-2-4-12(5-3-10)23-7-11(6-15(23)24)16(25)22-8-13(17(26)27)14(9-22)18(19,20)21/h2-5,11,13-14H,6-9H2,1H3,(H,26,27)/t11?,13-,14-/m1/s1. The highest BCUT2D eigenvalue weighted by Crippen LogP contribution is 2.39. The molecular weight excluding hydrogens is 365 g/mol. The van der Waals surface area contributed by atoms with Crippen molar-refractivity contribution < 1.29 is 32.7 Å². The fourth-order valence-corrected chi connectivity index (χ4v) is 3.67. The molecule has 1 unspecified atom stereocenters. The highest BCUT2D eigenvalue weighted by atomic mass is 19.4. The summed E-state index contributed by atoms with van der Waals surface area (Å²) in [5.74, 6) is -7.00. The number of hydrogen-bond donors (Lipinski definition) is 1. The zero-order valence-electron chi connectivity index (χ0n) is 14.6. The molecule has 0 bridgehead atoms. The van der Waals surface area contributed by atoms with Crippen LogP contribution in [0.5, 0.6) is 0 Å². The molecule has 3 rings (SSSR count). The average Bonchev–Trinajstić information content (AvgIpc) is 3.19. The third kappa shape index (κ3) is 3.77. The lowest BCUT2D eigenvalue weighted by Gasteiger charge is -2.21. The Labute approximate surface area is 153 Å². The fraction of sp³-hybridized carbons (Fsp3) is 0.500. The number of halogens is 3. The van der Waals surface area contributed by atoms with Crippen LogP contribution < -0.4 is 4.90 Å². The van der Waals surface area contributed by atoms with Crippen molar-refractivity contribution >= 4 is 23.5 Å². The Kier molecular flexibility index (Phi) is 4.88. The summed E-state index contributed by atoms with van der Waals surface area (Å²) in [5.41, 5.74) is 1.63. The van der Waals surface area contributed by atoms with Gasteiger partial charge in [-0.1, -0.05) is 17.7 Å². The molecule has 2 aliphatic heterocycles. The maximum absolute atomic E-state index is 13.1. The number of likely N-dealkylation sites (tertiary alicyclic amines) is 1. The van der Waals surface area contributed by atoms with Gasteiger partial charge < -0.3 is 14.9 Å². The average molecular weight is 384 g/mol. The van der Waals surface area contributed by atoms with Crippen LogP contribution in [0.15, 0.2) is 24.3 Å². The summed E-state index contributed by atoms with van der Waals surface area (Å²) in [6.45, 7) is 0.791. The summed E-state index contributed by atoms with van der Waals surface area (Å²) in [5, 5.41) is 9.07. The highest BCUT2D eigenvalue weighted by molar-refractivity contribution is 6.00. The lowest BCUT2D eigenvalue weighted by molar-refractivity contribution is -0.188. The molecule has 0 aliphatic carbocycles. The van der Waals surface area contributed by atoms with Crippen LogP contribution in [0.1, 0.15) is 12.0 Å². The molecule has 6 nitrogen and oxygen atoms in total. The zero-order chi connectivity index (χ0) is 19.9. The molecule has 27 heavy (non-hydrogen) atoms. The zero-order valence-corrected chi connectivity index (χ0v) is 14.6. The van der Waals surface area contributed by atoms with E-state index in [0.717, 1.165) is 10.5 Å². The number of carboxylic acid groups (broad SMARTS) is 1. The van der Waals surface area contributed by atoms with Crippen molar-refractivity contribution in [2.75, 3.05) is 24.5 Å². The van der Waals surface area contributed by atoms with E-state index in [9.17, 15) is 27.6 Å². The van der Waals surface area contributed by atoms with Gasteiger partial charge in [0.25, 0.3) is 0 Å². The Morgan fingerprint density at radius 1 is 1.11 bits per heavy atom. The summed E-state index contributed by atoms with van der Waals surface area (Å²) in [6, 6.07) is 7.14. The normalized spacial score (nSPS) is 25.9. The molecule has 0 spiro atoms. The second-order valence-corrected chi connectivity index (χ2v) is 7.08. The molecule has 0 radical (unpaired) electrons. The van der Waals surface area contributed by atoms with Gasteiger partial charge in [-0.15, -0.1) is 0 Å². The van der Waals surface area contributed by atoms with E-state index in [-0.39, 0.29) is 18.9 Å². The lowest BCUT2D eigenvalue weighted by atomic mass is 9.96. The van der Waals surface area contributed by atoms with Crippen molar-refractivity contribution in [1.29, 1.82) is 0 Å². The smallest absolute Gasteiger partial charge is 0.394 e. The van der Waals surface area contributed by atoms with E-state index < -0.39 is 48.9 Å². The van der Waals surface area contributed by atoms with Crippen LogP contribution >= 0.6 is 0 Å². The van der Waals surface area contributed by atoms with Gasteiger partial charge in [0, 0.05) is 31.7 Å². The van der Waals surface area contributed by atoms with E-state index >= 15 is 0 Å². The topological polar surface area (TPSA) is 77.9 Å². The molecule has 1 N–H and O–H groups in total. The Morgan fingerprint density at radius 2 is 1.74 bits per heavy atom. The number of carbonyl (C=O) groups is 3. The van der Waals surface area contributed by atoms with Crippen LogP contribution in [0.2, 0.25) is 0 Å². The molecule has 1 aromatic rings. The van der Waals surface area contributed by atoms with Crippen molar-refractivity contribution in [3.05, 3.63) is 29.8 Å². The number of benzene rings is 1. The van der Waals surface area contributed by atoms with Gasteiger partial charge in [-0.3, -0.25) is 14.4 Å². The second-order valence-electron chi connectivity index (χ2n) is 7.08. The van der Waals surface area contributed by atoms with Gasteiger partial charge >= 0.3 is 12.1 Å². The fourth-order valence-electron chi connectivity index (χ4n) is 3.67. The minimum atomic E-state index is -4.70. The predicted molar refractivity (Wildman–Crippen MR) is 88.9 cm³/mol. The Morgan fingerprint density at radius 3 is 2.26 bits per heavy atom. The van der Waals surface area contributed by atoms with Gasteiger partial charge in [0.1, 0.15) is 0 Å². The molecule has 146 valence electrons. The van der Waals surface area contributed by atoms with Crippen LogP contribution in [0, 0.1) is 24.7 Å². The van der Waals surface area contributed by atoms with Crippen molar-refractivity contribution in [1.82, 2.24) is 4.90 Å². The molecular formula is C18H19F3N2O4. The van der Waals surface area contributed by atoms with Gasteiger partial charge in [0.2, 0.25) is 11.8 Å². The largest absolute Gasteiger partial charge is 0.481 e. The third-order valence-electron chi connectivity index (χ3n) is 5.19. The van der Waals surface area contributed by atoms with E-state index in [0.29, 0.717) is 5.69 Å². The van der Waals surface area contributed by atoms with Gasteiger partial charge in [0.05, 0.1) is 17.8 Å². The quantitative estimate of drug-likeness (QED) is 0.866. The van der Waals surface area contributed by atoms with Crippen molar-refractivity contribution in [3.8, 4) is 0 Å². The van der Waals surface area contributed by atoms with Crippen LogP contribution in [-0.4, -0.2) is 53.6 Å². The molecule has 3 atom stereocenters. The molecule has 2 aliphatic rings. The summed E-state index contributed by atoms with van der Waals surface area (Å²) in [7, 11) is 0. The number of amides is 2. The first-order valence-electron chi connectivity index (χ1n) is 8.53. The number of aliphatic carboxylic acids is 1. The van der Waals surface area contributed by atoms with Crippen LogP contribution in [-0.2, 0) is 14.4 Å². The first-order valence-corrected chi connectivity index (χ1v) is 8.53. The van der Waals surface area contributed by atoms with Crippen LogP contribution in [0.25, 0.3) is 0 Å². The highest BCUT2D eigenvalue weighted by Gasteiger charge is 2.54. The summed E-state index contributed by atoms with van der Waals surface area (Å²) >= 11 is 0. The molecule has 1 aromatic carbocycles. The number of aryl methyl sites for hydroxylation is 1. The number of carbonyl (C=O) groups excluding carboxylic acids is 2. The predicted octanol–water partition coefficient (Wildman–Crippen LogP) is 2.07. The van der Waals surface area contributed by atoms with Gasteiger partial charge in [-0.25, -0.2) is 0 Å². The van der Waals surface area contributed by atoms with Crippen LogP contribution in [0.3, 0.4) is 0 Å². The minimum Gasteiger partial charge on any atom is -0.481 e. The number of nitrogens with zero attached hydrogens (tertiary/aromatic N) is 2. The van der Waals surface area contributed by atoms with Gasteiger partial charge in [-0.2, -0.15) is 13.2 Å². The van der Waals surface area contributed by atoms with Gasteiger partial charge in [0.15, 0.2) is 0 Å². The molecule has 2 heterocycles. The number of hydrogen-bond acceptors (Lipinski definition) is 3. The first kappa shape index (κ1) is 19.2. The van der Waals surface area contributed by atoms with E-state index in [1.54, 1.807) is 12.1 Å².